The van der Waals surface area contributed by atoms with Crippen molar-refractivity contribution < 1.29 is 4.74 Å². The van der Waals surface area contributed by atoms with Gasteiger partial charge in [0.15, 0.2) is 0 Å². The lowest BCUT2D eigenvalue weighted by atomic mass is 10.2. The van der Waals surface area contributed by atoms with Crippen LogP contribution in [0.4, 0.5) is 0 Å². The van der Waals surface area contributed by atoms with Crippen LogP contribution in [0.15, 0.2) is 66.7 Å². The van der Waals surface area contributed by atoms with Crippen molar-refractivity contribution in [2.45, 2.75) is 0 Å². The van der Waals surface area contributed by atoms with Crippen molar-refractivity contribution in [1.82, 2.24) is 9.97 Å². The molecule has 0 saturated carbocycles. The molecule has 0 fully saturated rings. The number of para-hydroxylation sites is 2. The second-order valence-electron chi connectivity index (χ2n) is 5.96. The Hall–Kier alpha value is -2.59. The number of rotatable bonds is 4. The van der Waals surface area contributed by atoms with Crippen LogP contribution in [-0.4, -0.2) is 9.97 Å². The molecule has 1 aromatic heterocycles. The van der Waals surface area contributed by atoms with E-state index in [9.17, 15) is 0 Å². The smallest absolute Gasteiger partial charge is 0.246 e. The average Bonchev–Trinajstić information content (AvgIpc) is 2.69. The van der Waals surface area contributed by atoms with Gasteiger partial charge in [-0.15, -0.1) is 0 Å². The van der Waals surface area contributed by atoms with Crippen LogP contribution in [-0.2, 0) is 0 Å². The van der Waals surface area contributed by atoms with Crippen LogP contribution < -0.4 is 4.74 Å². The normalized spacial score (nSPS) is 11.2. The third-order valence-electron chi connectivity index (χ3n) is 3.98. The van der Waals surface area contributed by atoms with Gasteiger partial charge >= 0.3 is 0 Å². The largest absolute Gasteiger partial charge is 0.437 e. The molecule has 0 aliphatic rings. The summed E-state index contributed by atoms with van der Waals surface area (Å²) in [5.74, 6) is 1.01. The minimum Gasteiger partial charge on any atom is -0.437 e. The number of nitrogens with zero attached hydrogens (tertiary/aromatic N) is 2. The van der Waals surface area contributed by atoms with E-state index in [2.05, 4.69) is 9.97 Å². The molecular weight excluding hydrogens is 415 g/mol. The molecule has 6 heteroatoms. The van der Waals surface area contributed by atoms with Crippen molar-refractivity contribution in [1.29, 1.82) is 0 Å². The van der Waals surface area contributed by atoms with Gasteiger partial charge in [-0.05, 0) is 60.2 Å². The minimum atomic E-state index is 0.391. The molecule has 1 heterocycles. The van der Waals surface area contributed by atoms with Gasteiger partial charge in [-0.2, -0.15) is 0 Å². The topological polar surface area (TPSA) is 35.0 Å². The van der Waals surface area contributed by atoms with E-state index in [1.807, 2.05) is 42.5 Å². The van der Waals surface area contributed by atoms with Crippen LogP contribution in [0.5, 0.6) is 11.6 Å². The zero-order valence-corrected chi connectivity index (χ0v) is 16.7. The molecule has 0 N–H and O–H groups in total. The molecule has 0 radical (unpaired) electrons. The highest BCUT2D eigenvalue weighted by atomic mass is 35.5. The number of hydrogen-bond donors (Lipinski definition) is 0. The fraction of sp³-hybridized carbons (Fsp3) is 0. The van der Waals surface area contributed by atoms with Gasteiger partial charge in [0.25, 0.3) is 0 Å². The predicted octanol–water partition coefficient (Wildman–Crippen LogP) is 7.55. The molecule has 28 heavy (non-hydrogen) atoms. The van der Waals surface area contributed by atoms with Gasteiger partial charge in [-0.3, -0.25) is 0 Å². The van der Waals surface area contributed by atoms with Gasteiger partial charge in [0, 0.05) is 15.1 Å². The van der Waals surface area contributed by atoms with Crippen LogP contribution in [0, 0.1) is 0 Å². The fourth-order valence-corrected chi connectivity index (χ4v) is 3.20. The van der Waals surface area contributed by atoms with Crippen molar-refractivity contribution in [2.75, 3.05) is 0 Å². The number of hydrogen-bond acceptors (Lipinski definition) is 3. The number of benzene rings is 3. The van der Waals surface area contributed by atoms with Gasteiger partial charge in [0.2, 0.25) is 5.88 Å². The highest BCUT2D eigenvalue weighted by Gasteiger charge is 2.10. The monoisotopic (exact) mass is 426 g/mol. The SMILES string of the molecule is Clc1ccc(Oc2nc3ccccc3nc2/C=C/c2ccc(Cl)cc2Cl)cc1. The molecule has 0 amide bonds. The van der Waals surface area contributed by atoms with Crippen LogP contribution in [0.25, 0.3) is 23.2 Å². The Morgan fingerprint density at radius 1 is 0.714 bits per heavy atom. The lowest BCUT2D eigenvalue weighted by Crippen LogP contribution is -1.96. The van der Waals surface area contributed by atoms with Crippen LogP contribution in [0.2, 0.25) is 15.1 Å². The first-order valence-electron chi connectivity index (χ1n) is 8.42. The van der Waals surface area contributed by atoms with Crippen LogP contribution >= 0.6 is 34.8 Å². The minimum absolute atomic E-state index is 0.391. The Labute approximate surface area is 177 Å². The first kappa shape index (κ1) is 18.8. The summed E-state index contributed by atoms with van der Waals surface area (Å²) in [4.78, 5) is 9.30. The summed E-state index contributed by atoms with van der Waals surface area (Å²) in [6.07, 6.45) is 3.67. The van der Waals surface area contributed by atoms with Gasteiger partial charge in [0.05, 0.1) is 11.0 Å². The third kappa shape index (κ3) is 4.28. The summed E-state index contributed by atoms with van der Waals surface area (Å²) in [7, 11) is 0. The Bertz CT molecular complexity index is 1170. The average molecular weight is 428 g/mol. The summed E-state index contributed by atoms with van der Waals surface area (Å²) >= 11 is 18.2. The van der Waals surface area contributed by atoms with Crippen LogP contribution in [0.3, 0.4) is 0 Å². The third-order valence-corrected chi connectivity index (χ3v) is 4.79. The van der Waals surface area contributed by atoms with E-state index in [0.717, 1.165) is 16.6 Å². The molecule has 0 bridgehead atoms. The van der Waals surface area contributed by atoms with Crippen molar-refractivity contribution >= 4 is 58.0 Å². The molecule has 4 aromatic rings. The maximum atomic E-state index is 6.26. The zero-order chi connectivity index (χ0) is 19.5. The van der Waals surface area contributed by atoms with Gasteiger partial charge in [-0.25, -0.2) is 9.97 Å². The summed E-state index contributed by atoms with van der Waals surface area (Å²) in [6, 6.07) is 20.0. The summed E-state index contributed by atoms with van der Waals surface area (Å²) < 4.78 is 5.97. The Morgan fingerprint density at radius 3 is 2.11 bits per heavy atom. The zero-order valence-electron chi connectivity index (χ0n) is 14.4. The standard InChI is InChI=1S/C22H13Cl3N2O/c23-15-8-10-17(11-9-15)28-22-21(26-19-3-1-2-4-20(19)27-22)12-6-14-5-7-16(24)13-18(14)25/h1-13H/b12-6+. The molecule has 0 aliphatic heterocycles. The fourth-order valence-electron chi connectivity index (χ4n) is 2.60. The van der Waals surface area contributed by atoms with Crippen LogP contribution in [0.1, 0.15) is 11.3 Å². The van der Waals surface area contributed by atoms with Gasteiger partial charge < -0.3 is 4.74 Å². The van der Waals surface area contributed by atoms with E-state index in [1.165, 1.54) is 0 Å². The molecule has 138 valence electrons. The predicted molar refractivity (Wildman–Crippen MR) is 116 cm³/mol. The van der Waals surface area contributed by atoms with E-state index in [0.29, 0.717) is 32.4 Å². The second kappa shape index (κ2) is 8.19. The molecular formula is C22H13Cl3N2O. The lowest BCUT2D eigenvalue weighted by molar-refractivity contribution is 0.461. The van der Waals surface area contributed by atoms with Crippen molar-refractivity contribution in [3.8, 4) is 11.6 Å². The highest BCUT2D eigenvalue weighted by Crippen LogP contribution is 2.28. The molecule has 0 spiro atoms. The maximum Gasteiger partial charge on any atom is 0.246 e. The number of halogens is 3. The van der Waals surface area contributed by atoms with Crippen molar-refractivity contribution in [3.63, 3.8) is 0 Å². The summed E-state index contributed by atoms with van der Waals surface area (Å²) in [5, 5.41) is 1.77. The first-order valence-corrected chi connectivity index (χ1v) is 9.55. The lowest BCUT2D eigenvalue weighted by Gasteiger charge is -2.09. The Kier molecular flexibility index (Phi) is 5.49. The second-order valence-corrected chi connectivity index (χ2v) is 7.24. The van der Waals surface area contributed by atoms with Gasteiger partial charge in [0.1, 0.15) is 11.4 Å². The molecule has 0 aliphatic carbocycles. The van der Waals surface area contributed by atoms with Gasteiger partial charge in [-0.1, -0.05) is 59.1 Å². The first-order chi connectivity index (χ1) is 13.6. The molecule has 3 nitrogen and oxygen atoms in total. The van der Waals surface area contributed by atoms with Crippen molar-refractivity contribution in [2.24, 2.45) is 0 Å². The number of fused-ring (bicyclic) bond motifs is 1. The molecule has 0 saturated heterocycles. The number of aromatic nitrogens is 2. The Balaban J connectivity index is 1.76. The van der Waals surface area contributed by atoms with E-state index < -0.39 is 0 Å². The van der Waals surface area contributed by atoms with E-state index in [4.69, 9.17) is 39.5 Å². The summed E-state index contributed by atoms with van der Waals surface area (Å²) in [5.41, 5.74) is 2.92. The molecule has 0 unspecified atom stereocenters. The number of ether oxygens (including phenoxy) is 1. The van der Waals surface area contributed by atoms with E-state index in [-0.39, 0.29) is 0 Å². The maximum absolute atomic E-state index is 6.26. The molecule has 4 rings (SSSR count). The highest BCUT2D eigenvalue weighted by molar-refractivity contribution is 6.35. The van der Waals surface area contributed by atoms with E-state index >= 15 is 0 Å². The van der Waals surface area contributed by atoms with E-state index in [1.54, 1.807) is 36.4 Å². The van der Waals surface area contributed by atoms with Crippen molar-refractivity contribution in [3.05, 3.63) is 93.1 Å². The quantitative estimate of drug-likeness (QED) is 0.337. The molecule has 0 atom stereocenters. The molecule has 3 aromatic carbocycles. The Morgan fingerprint density at radius 2 is 1.39 bits per heavy atom. The summed E-state index contributed by atoms with van der Waals surface area (Å²) in [6.45, 7) is 0.